The first-order valence-corrected chi connectivity index (χ1v) is 7.63. The van der Waals surface area contributed by atoms with Crippen LogP contribution in [0.2, 0.25) is 0 Å². The summed E-state index contributed by atoms with van der Waals surface area (Å²) in [5, 5.41) is 11.5. The Balaban J connectivity index is 1.75. The number of hydrogen-bond acceptors (Lipinski definition) is 3. The van der Waals surface area contributed by atoms with Gasteiger partial charge in [-0.3, -0.25) is 5.10 Å². The minimum atomic E-state index is 0.0378. The van der Waals surface area contributed by atoms with E-state index in [4.69, 9.17) is 0 Å². The summed E-state index contributed by atoms with van der Waals surface area (Å²) in [6.07, 6.45) is 3.70. The average Bonchev–Trinajstić information content (AvgIpc) is 3.04. The molecule has 21 heavy (non-hydrogen) atoms. The first-order chi connectivity index (χ1) is 9.93. The fourth-order valence-corrected chi connectivity index (χ4v) is 2.70. The van der Waals surface area contributed by atoms with Crippen LogP contribution in [0, 0.1) is 0 Å². The van der Waals surface area contributed by atoms with Crippen LogP contribution in [0.4, 0.5) is 5.69 Å². The zero-order valence-electron chi connectivity index (χ0n) is 12.3. The molecule has 0 fully saturated rings. The number of imidazole rings is 1. The number of halogens is 1. The van der Waals surface area contributed by atoms with Crippen LogP contribution in [-0.2, 0) is 12.0 Å². The quantitative estimate of drug-likeness (QED) is 0.671. The lowest BCUT2D eigenvalue weighted by atomic mass is 9.96. The maximum absolute atomic E-state index is 4.44. The van der Waals surface area contributed by atoms with E-state index in [0.717, 1.165) is 32.6 Å². The summed E-state index contributed by atoms with van der Waals surface area (Å²) in [6.45, 7) is 7.14. The van der Waals surface area contributed by atoms with Gasteiger partial charge in [0.15, 0.2) is 0 Å². The molecule has 6 heteroatoms. The summed E-state index contributed by atoms with van der Waals surface area (Å²) in [7, 11) is 0. The fourth-order valence-electron chi connectivity index (χ4n) is 2.14. The number of benzene rings is 1. The highest BCUT2D eigenvalue weighted by Crippen LogP contribution is 2.27. The Kier molecular flexibility index (Phi) is 3.49. The van der Waals surface area contributed by atoms with Crippen molar-refractivity contribution in [1.82, 2.24) is 20.2 Å². The number of aromatic amines is 2. The highest BCUT2D eigenvalue weighted by molar-refractivity contribution is 9.10. The zero-order chi connectivity index (χ0) is 15.0. The Morgan fingerprint density at radius 1 is 1.24 bits per heavy atom. The van der Waals surface area contributed by atoms with Crippen LogP contribution in [0.3, 0.4) is 0 Å². The predicted molar refractivity (Wildman–Crippen MR) is 88.4 cm³/mol. The molecule has 0 amide bonds. The molecule has 0 saturated heterocycles. The average molecular weight is 348 g/mol. The Labute approximate surface area is 131 Å². The molecule has 5 nitrogen and oxygen atoms in total. The van der Waals surface area contributed by atoms with E-state index in [0.29, 0.717) is 6.54 Å². The summed E-state index contributed by atoms with van der Waals surface area (Å²) < 4.78 is 1.02. The fraction of sp³-hybridized carbons (Fsp3) is 0.333. The van der Waals surface area contributed by atoms with E-state index in [2.05, 4.69) is 68.2 Å². The molecule has 0 saturated carbocycles. The van der Waals surface area contributed by atoms with Gasteiger partial charge in [0.25, 0.3) is 0 Å². The van der Waals surface area contributed by atoms with Crippen LogP contribution in [0.5, 0.6) is 0 Å². The van der Waals surface area contributed by atoms with Gasteiger partial charge >= 0.3 is 0 Å². The van der Waals surface area contributed by atoms with Gasteiger partial charge in [-0.25, -0.2) is 4.98 Å². The molecule has 1 aromatic carbocycles. The van der Waals surface area contributed by atoms with E-state index >= 15 is 0 Å². The summed E-state index contributed by atoms with van der Waals surface area (Å²) in [4.78, 5) is 7.80. The highest BCUT2D eigenvalue weighted by atomic mass is 79.9. The monoisotopic (exact) mass is 347 g/mol. The topological polar surface area (TPSA) is 69.4 Å². The number of anilines is 1. The van der Waals surface area contributed by atoms with Crippen LogP contribution in [0.1, 0.15) is 32.3 Å². The van der Waals surface area contributed by atoms with Crippen molar-refractivity contribution in [2.45, 2.75) is 32.7 Å². The van der Waals surface area contributed by atoms with Crippen molar-refractivity contribution >= 4 is 32.5 Å². The van der Waals surface area contributed by atoms with Crippen molar-refractivity contribution < 1.29 is 0 Å². The standard InChI is InChI=1S/C15H18BrN5/c1-15(2,3)14-18-7-10(20-14)6-17-9-4-12(16)11-8-19-21-13(11)5-9/h4-5,7-8,17H,6H2,1-3H3,(H,18,20)(H,19,21). The predicted octanol–water partition coefficient (Wildman–Crippen LogP) is 3.96. The van der Waals surface area contributed by atoms with E-state index < -0.39 is 0 Å². The molecule has 2 heterocycles. The molecule has 3 rings (SSSR count). The molecule has 2 aromatic heterocycles. The SMILES string of the molecule is CC(C)(C)c1ncc(CNc2cc(Br)c3cn[nH]c3c2)[nH]1. The summed E-state index contributed by atoms with van der Waals surface area (Å²) >= 11 is 3.56. The van der Waals surface area contributed by atoms with E-state index in [-0.39, 0.29) is 5.41 Å². The van der Waals surface area contributed by atoms with Gasteiger partial charge in [0.2, 0.25) is 0 Å². The third kappa shape index (κ3) is 2.95. The van der Waals surface area contributed by atoms with Gasteiger partial charge in [0.05, 0.1) is 30.1 Å². The second kappa shape index (κ2) is 5.18. The van der Waals surface area contributed by atoms with E-state index in [1.165, 1.54) is 0 Å². The lowest BCUT2D eigenvalue weighted by Gasteiger charge is -2.14. The van der Waals surface area contributed by atoms with Crippen molar-refractivity contribution in [3.8, 4) is 0 Å². The van der Waals surface area contributed by atoms with Crippen molar-refractivity contribution in [2.75, 3.05) is 5.32 Å². The van der Waals surface area contributed by atoms with Gasteiger partial charge < -0.3 is 10.3 Å². The van der Waals surface area contributed by atoms with Crippen molar-refractivity contribution in [3.63, 3.8) is 0 Å². The Bertz CT molecular complexity index is 766. The number of nitrogens with one attached hydrogen (secondary N) is 3. The molecule has 0 aliphatic heterocycles. The molecule has 110 valence electrons. The number of aromatic nitrogens is 4. The first-order valence-electron chi connectivity index (χ1n) is 6.84. The summed E-state index contributed by atoms with van der Waals surface area (Å²) in [5.74, 6) is 1.00. The Morgan fingerprint density at radius 3 is 2.76 bits per heavy atom. The number of fused-ring (bicyclic) bond motifs is 1. The molecule has 0 bridgehead atoms. The third-order valence-electron chi connectivity index (χ3n) is 3.33. The van der Waals surface area contributed by atoms with Gasteiger partial charge in [-0.1, -0.05) is 20.8 Å². The normalized spacial score (nSPS) is 12.0. The number of nitrogens with zero attached hydrogens (tertiary/aromatic N) is 2. The first kappa shape index (κ1) is 14.1. The van der Waals surface area contributed by atoms with Crippen LogP contribution >= 0.6 is 15.9 Å². The molecule has 0 unspecified atom stereocenters. The number of H-pyrrole nitrogens is 2. The molecule has 0 aliphatic rings. The highest BCUT2D eigenvalue weighted by Gasteiger charge is 2.17. The van der Waals surface area contributed by atoms with Crippen LogP contribution in [0.15, 0.2) is 29.0 Å². The van der Waals surface area contributed by atoms with Crippen LogP contribution in [0.25, 0.3) is 10.9 Å². The van der Waals surface area contributed by atoms with Crippen molar-refractivity contribution in [3.05, 3.63) is 40.5 Å². The largest absolute Gasteiger partial charge is 0.379 e. The summed E-state index contributed by atoms with van der Waals surface area (Å²) in [5.41, 5.74) is 3.15. The Morgan fingerprint density at radius 2 is 2.05 bits per heavy atom. The van der Waals surface area contributed by atoms with E-state index in [1.807, 2.05) is 18.5 Å². The van der Waals surface area contributed by atoms with Gasteiger partial charge in [0, 0.05) is 21.0 Å². The van der Waals surface area contributed by atoms with E-state index in [1.54, 1.807) is 0 Å². The number of hydrogen-bond donors (Lipinski definition) is 3. The van der Waals surface area contributed by atoms with Gasteiger partial charge in [-0.05, 0) is 28.1 Å². The second-order valence-electron chi connectivity index (χ2n) is 6.15. The van der Waals surface area contributed by atoms with Gasteiger partial charge in [0.1, 0.15) is 5.82 Å². The molecule has 3 aromatic rings. The summed E-state index contributed by atoms with van der Waals surface area (Å²) in [6, 6.07) is 4.10. The molecular formula is C15H18BrN5. The van der Waals surface area contributed by atoms with E-state index in [9.17, 15) is 0 Å². The van der Waals surface area contributed by atoms with Crippen LogP contribution in [-0.4, -0.2) is 20.2 Å². The molecule has 0 spiro atoms. The molecular weight excluding hydrogens is 330 g/mol. The lowest BCUT2D eigenvalue weighted by molar-refractivity contribution is 0.551. The minimum absolute atomic E-state index is 0.0378. The zero-order valence-corrected chi connectivity index (χ0v) is 13.9. The molecule has 0 aliphatic carbocycles. The Hall–Kier alpha value is -1.82. The minimum Gasteiger partial charge on any atom is -0.379 e. The smallest absolute Gasteiger partial charge is 0.111 e. The van der Waals surface area contributed by atoms with Crippen LogP contribution < -0.4 is 5.32 Å². The number of rotatable bonds is 3. The van der Waals surface area contributed by atoms with Gasteiger partial charge in [-0.2, -0.15) is 5.10 Å². The second-order valence-corrected chi connectivity index (χ2v) is 7.00. The molecule has 3 N–H and O–H groups in total. The maximum atomic E-state index is 4.44. The van der Waals surface area contributed by atoms with Crippen molar-refractivity contribution in [2.24, 2.45) is 0 Å². The van der Waals surface area contributed by atoms with Crippen molar-refractivity contribution in [1.29, 1.82) is 0 Å². The third-order valence-corrected chi connectivity index (χ3v) is 3.99. The molecule has 0 atom stereocenters. The maximum Gasteiger partial charge on any atom is 0.111 e. The van der Waals surface area contributed by atoms with Gasteiger partial charge in [-0.15, -0.1) is 0 Å². The molecule has 0 radical (unpaired) electrons. The lowest BCUT2D eigenvalue weighted by Crippen LogP contribution is -2.13.